The van der Waals surface area contributed by atoms with Crippen molar-refractivity contribution in [2.45, 2.75) is 39.7 Å². The van der Waals surface area contributed by atoms with Gasteiger partial charge in [-0.05, 0) is 39.7 Å². The quantitative estimate of drug-likeness (QED) is 0.691. The van der Waals surface area contributed by atoms with Crippen LogP contribution in [0, 0.1) is 17.8 Å². The number of hydrogen-bond acceptors (Lipinski definition) is 5. The molecule has 0 atom stereocenters. The van der Waals surface area contributed by atoms with Gasteiger partial charge in [0, 0.05) is 48.2 Å². The molecule has 4 heterocycles. The van der Waals surface area contributed by atoms with Crippen LogP contribution in [0.25, 0.3) is 22.2 Å². The molecule has 150 valence electrons. The Bertz CT molecular complexity index is 1070. The standard InChI is InChI=1S/C22H25N5O2/c1-5-15-11-23-20-19(15)10-16(12-24-20)17-13-25-27(14-17)18-6-8-26(9-7-18)29-21(28)22(2,3)4/h1,10-14,18H,6-9H2,2-4H3,(H,23,24). The summed E-state index contributed by atoms with van der Waals surface area (Å²) >= 11 is 0. The molecule has 0 bridgehead atoms. The number of hydrogen-bond donors (Lipinski definition) is 1. The smallest absolute Gasteiger partial charge is 0.330 e. The van der Waals surface area contributed by atoms with Crippen molar-refractivity contribution >= 4 is 17.0 Å². The fourth-order valence-electron chi connectivity index (χ4n) is 3.42. The molecule has 0 amide bonds. The molecule has 0 saturated carbocycles. The van der Waals surface area contributed by atoms with Crippen LogP contribution in [0.15, 0.2) is 30.9 Å². The van der Waals surface area contributed by atoms with Crippen molar-refractivity contribution in [3.05, 3.63) is 36.4 Å². The molecule has 7 nitrogen and oxygen atoms in total. The number of aromatic amines is 1. The number of piperidine rings is 1. The lowest BCUT2D eigenvalue weighted by Gasteiger charge is -2.32. The second-order valence-electron chi connectivity index (χ2n) is 8.46. The van der Waals surface area contributed by atoms with E-state index in [-0.39, 0.29) is 12.0 Å². The summed E-state index contributed by atoms with van der Waals surface area (Å²) in [4.78, 5) is 25.1. The van der Waals surface area contributed by atoms with Gasteiger partial charge in [0.25, 0.3) is 0 Å². The van der Waals surface area contributed by atoms with Gasteiger partial charge in [-0.15, -0.1) is 11.5 Å². The first kappa shape index (κ1) is 19.2. The summed E-state index contributed by atoms with van der Waals surface area (Å²) in [6.07, 6.45) is 14.8. The highest BCUT2D eigenvalue weighted by atomic mass is 16.7. The maximum Gasteiger partial charge on any atom is 0.330 e. The van der Waals surface area contributed by atoms with Crippen LogP contribution in [-0.2, 0) is 9.63 Å². The van der Waals surface area contributed by atoms with Gasteiger partial charge in [0.1, 0.15) is 5.65 Å². The number of rotatable bonds is 3. The van der Waals surface area contributed by atoms with Gasteiger partial charge in [-0.2, -0.15) is 5.10 Å². The van der Waals surface area contributed by atoms with Crippen LogP contribution in [0.4, 0.5) is 0 Å². The van der Waals surface area contributed by atoms with Crippen LogP contribution < -0.4 is 0 Å². The van der Waals surface area contributed by atoms with Crippen molar-refractivity contribution in [2.24, 2.45) is 5.41 Å². The van der Waals surface area contributed by atoms with Crippen molar-refractivity contribution in [1.82, 2.24) is 24.8 Å². The lowest BCUT2D eigenvalue weighted by Crippen LogP contribution is -2.39. The summed E-state index contributed by atoms with van der Waals surface area (Å²) in [5, 5.41) is 7.27. The Morgan fingerprint density at radius 1 is 1.28 bits per heavy atom. The molecule has 0 aromatic carbocycles. The van der Waals surface area contributed by atoms with E-state index in [1.54, 1.807) is 11.3 Å². The molecule has 3 aromatic rings. The third-order valence-electron chi connectivity index (χ3n) is 5.24. The molecule has 0 spiro atoms. The van der Waals surface area contributed by atoms with Gasteiger partial charge in [0.2, 0.25) is 0 Å². The van der Waals surface area contributed by atoms with Crippen molar-refractivity contribution in [3.63, 3.8) is 0 Å². The fraction of sp³-hybridized carbons (Fsp3) is 0.409. The highest BCUT2D eigenvalue weighted by Gasteiger charge is 2.29. The zero-order valence-electron chi connectivity index (χ0n) is 17.0. The lowest BCUT2D eigenvalue weighted by atomic mass is 9.98. The number of hydroxylamine groups is 2. The Kier molecular flexibility index (Phi) is 4.89. The van der Waals surface area contributed by atoms with Gasteiger partial charge in [-0.1, -0.05) is 5.92 Å². The Hall–Kier alpha value is -3.11. The molecule has 1 aliphatic heterocycles. The average molecular weight is 391 g/mol. The van der Waals surface area contributed by atoms with Crippen molar-refractivity contribution in [2.75, 3.05) is 13.1 Å². The number of aromatic nitrogens is 4. The molecule has 7 heteroatoms. The molecular weight excluding hydrogens is 366 g/mol. The topological polar surface area (TPSA) is 76.0 Å². The molecule has 1 aliphatic rings. The van der Waals surface area contributed by atoms with Gasteiger partial charge in [-0.25, -0.2) is 9.78 Å². The second-order valence-corrected chi connectivity index (χ2v) is 8.46. The molecule has 0 aliphatic carbocycles. The zero-order chi connectivity index (χ0) is 20.6. The Morgan fingerprint density at radius 2 is 2.03 bits per heavy atom. The molecule has 0 radical (unpaired) electrons. The van der Waals surface area contributed by atoms with E-state index in [0.29, 0.717) is 13.1 Å². The predicted molar refractivity (Wildman–Crippen MR) is 111 cm³/mol. The molecule has 1 fully saturated rings. The predicted octanol–water partition coefficient (Wildman–Crippen LogP) is 3.55. The maximum absolute atomic E-state index is 12.1. The number of nitrogens with one attached hydrogen (secondary N) is 1. The number of terminal acetylenes is 1. The minimum atomic E-state index is -0.498. The highest BCUT2D eigenvalue weighted by molar-refractivity contribution is 5.86. The van der Waals surface area contributed by atoms with E-state index in [1.165, 1.54) is 0 Å². The minimum absolute atomic E-state index is 0.198. The summed E-state index contributed by atoms with van der Waals surface area (Å²) in [5.74, 6) is 2.48. The van der Waals surface area contributed by atoms with Gasteiger partial charge in [-0.3, -0.25) is 4.68 Å². The van der Waals surface area contributed by atoms with Crippen molar-refractivity contribution in [1.29, 1.82) is 0 Å². The summed E-state index contributed by atoms with van der Waals surface area (Å²) < 4.78 is 2.00. The summed E-state index contributed by atoms with van der Waals surface area (Å²) in [6, 6.07) is 2.32. The number of fused-ring (bicyclic) bond motifs is 1. The molecule has 3 aromatic heterocycles. The molecule has 29 heavy (non-hydrogen) atoms. The first-order valence-electron chi connectivity index (χ1n) is 9.81. The van der Waals surface area contributed by atoms with E-state index >= 15 is 0 Å². The number of carbonyl (C=O) groups is 1. The number of pyridine rings is 1. The van der Waals surface area contributed by atoms with E-state index in [2.05, 4.69) is 21.0 Å². The van der Waals surface area contributed by atoms with Gasteiger partial charge < -0.3 is 9.82 Å². The normalized spacial score (nSPS) is 16.1. The molecule has 1 N–H and O–H groups in total. The van der Waals surface area contributed by atoms with Gasteiger partial charge >= 0.3 is 5.97 Å². The molecule has 1 saturated heterocycles. The molecule has 4 rings (SSSR count). The average Bonchev–Trinajstić information content (AvgIpc) is 3.34. The van der Waals surface area contributed by atoms with Crippen LogP contribution in [0.2, 0.25) is 0 Å². The van der Waals surface area contributed by atoms with Crippen molar-refractivity contribution in [3.8, 4) is 23.5 Å². The molecular formula is C22H25N5O2. The highest BCUT2D eigenvalue weighted by Crippen LogP contribution is 2.28. The summed E-state index contributed by atoms with van der Waals surface area (Å²) in [6.45, 7) is 6.98. The van der Waals surface area contributed by atoms with Gasteiger partial charge in [0.15, 0.2) is 0 Å². The SMILES string of the molecule is C#Cc1c[nH]c2ncc(-c3cnn(C4CCN(OC(=O)C(C)(C)C)CC4)c3)cc12. The Balaban J connectivity index is 1.44. The Labute approximate surface area is 170 Å². The van der Waals surface area contributed by atoms with E-state index in [0.717, 1.165) is 40.6 Å². The minimum Gasteiger partial charge on any atom is -0.367 e. The van der Waals surface area contributed by atoms with E-state index in [9.17, 15) is 4.79 Å². The second kappa shape index (κ2) is 7.37. The van der Waals surface area contributed by atoms with E-state index < -0.39 is 5.41 Å². The molecule has 0 unspecified atom stereocenters. The van der Waals surface area contributed by atoms with Crippen molar-refractivity contribution < 1.29 is 9.63 Å². The van der Waals surface area contributed by atoms with E-state index in [4.69, 9.17) is 11.3 Å². The van der Waals surface area contributed by atoms with Gasteiger partial charge in [0.05, 0.1) is 23.2 Å². The third-order valence-corrected chi connectivity index (χ3v) is 5.24. The van der Waals surface area contributed by atoms with Crippen LogP contribution in [0.3, 0.4) is 0 Å². The first-order valence-corrected chi connectivity index (χ1v) is 9.81. The maximum atomic E-state index is 12.1. The van der Waals surface area contributed by atoms with Crippen LogP contribution in [-0.4, -0.2) is 43.9 Å². The summed E-state index contributed by atoms with van der Waals surface area (Å²) in [5.41, 5.74) is 3.08. The van der Waals surface area contributed by atoms with Crippen LogP contribution in [0.5, 0.6) is 0 Å². The zero-order valence-corrected chi connectivity index (χ0v) is 17.0. The first-order chi connectivity index (χ1) is 13.8. The third kappa shape index (κ3) is 3.89. The lowest BCUT2D eigenvalue weighted by molar-refractivity contribution is -0.205. The fourth-order valence-corrected chi connectivity index (χ4v) is 3.42. The summed E-state index contributed by atoms with van der Waals surface area (Å²) in [7, 11) is 0. The monoisotopic (exact) mass is 391 g/mol. The Morgan fingerprint density at radius 3 is 2.72 bits per heavy atom. The largest absolute Gasteiger partial charge is 0.367 e. The number of carbonyl (C=O) groups excluding carboxylic acids is 1. The number of nitrogens with zero attached hydrogens (tertiary/aromatic N) is 4. The van der Waals surface area contributed by atoms with Crippen LogP contribution >= 0.6 is 0 Å². The van der Waals surface area contributed by atoms with Crippen LogP contribution in [0.1, 0.15) is 45.2 Å². The number of H-pyrrole nitrogens is 1. The van der Waals surface area contributed by atoms with E-state index in [1.807, 2.05) is 50.1 Å².